The third-order valence-electron chi connectivity index (χ3n) is 3.72. The summed E-state index contributed by atoms with van der Waals surface area (Å²) in [5.41, 5.74) is 0.907. The summed E-state index contributed by atoms with van der Waals surface area (Å²) in [5.74, 6) is -1.14. The van der Waals surface area contributed by atoms with E-state index in [1.807, 2.05) is 12.1 Å². The van der Waals surface area contributed by atoms with E-state index in [1.165, 1.54) is 6.08 Å². The topological polar surface area (TPSA) is 66.4 Å². The molecule has 0 aliphatic heterocycles. The number of benzene rings is 1. The van der Waals surface area contributed by atoms with Gasteiger partial charge in [-0.1, -0.05) is 23.7 Å². The van der Waals surface area contributed by atoms with Gasteiger partial charge in [-0.25, -0.2) is 0 Å². The summed E-state index contributed by atoms with van der Waals surface area (Å²) < 4.78 is 0. The molecule has 1 fully saturated rings. The van der Waals surface area contributed by atoms with Crippen LogP contribution in [0, 0.1) is 5.92 Å². The molecule has 0 saturated heterocycles. The zero-order chi connectivity index (χ0) is 15.2. The quantitative estimate of drug-likeness (QED) is 0.840. The standard InChI is InChI=1S/C16H18ClNO3/c17-13-6-1-11(2-7-13)3-10-15(19)18-14-8-4-12(5-9-14)16(20)21/h1-3,6-7,10,12,14H,4-5,8-9H2,(H,18,19)(H,20,21)/b10-3+. The second-order valence-electron chi connectivity index (χ2n) is 5.28. The maximum atomic E-state index is 11.8. The van der Waals surface area contributed by atoms with Gasteiger partial charge < -0.3 is 10.4 Å². The highest BCUT2D eigenvalue weighted by molar-refractivity contribution is 6.30. The van der Waals surface area contributed by atoms with E-state index in [-0.39, 0.29) is 17.9 Å². The highest BCUT2D eigenvalue weighted by Gasteiger charge is 2.26. The van der Waals surface area contributed by atoms with Crippen LogP contribution in [0.2, 0.25) is 5.02 Å². The number of carboxylic acid groups (broad SMARTS) is 1. The van der Waals surface area contributed by atoms with Gasteiger partial charge in [0.15, 0.2) is 0 Å². The van der Waals surface area contributed by atoms with Gasteiger partial charge in [0.05, 0.1) is 5.92 Å². The minimum absolute atomic E-state index is 0.0722. The first-order valence-corrected chi connectivity index (χ1v) is 7.39. The van der Waals surface area contributed by atoms with Crippen molar-refractivity contribution in [2.75, 3.05) is 0 Å². The van der Waals surface area contributed by atoms with Crippen molar-refractivity contribution < 1.29 is 14.7 Å². The molecule has 0 atom stereocenters. The molecule has 5 heteroatoms. The molecule has 1 amide bonds. The first-order chi connectivity index (χ1) is 10.0. The predicted octanol–water partition coefficient (Wildman–Crippen LogP) is 3.11. The third-order valence-corrected chi connectivity index (χ3v) is 3.97. The zero-order valence-corrected chi connectivity index (χ0v) is 12.3. The summed E-state index contributed by atoms with van der Waals surface area (Å²) >= 11 is 5.79. The summed E-state index contributed by atoms with van der Waals surface area (Å²) in [5, 5.41) is 12.5. The van der Waals surface area contributed by atoms with Gasteiger partial charge in [0.25, 0.3) is 0 Å². The van der Waals surface area contributed by atoms with Crippen molar-refractivity contribution in [2.45, 2.75) is 31.7 Å². The van der Waals surface area contributed by atoms with Crippen LogP contribution < -0.4 is 5.32 Å². The minimum atomic E-state index is -0.734. The fourth-order valence-corrected chi connectivity index (χ4v) is 2.61. The summed E-state index contributed by atoms with van der Waals surface area (Å²) in [6, 6.07) is 7.29. The molecule has 0 bridgehead atoms. The van der Waals surface area contributed by atoms with Gasteiger partial charge in [0.2, 0.25) is 5.91 Å². The van der Waals surface area contributed by atoms with Crippen LogP contribution in [0.3, 0.4) is 0 Å². The zero-order valence-electron chi connectivity index (χ0n) is 11.6. The first kappa shape index (κ1) is 15.6. The van der Waals surface area contributed by atoms with Crippen molar-refractivity contribution in [1.82, 2.24) is 5.32 Å². The van der Waals surface area contributed by atoms with Crippen LogP contribution in [0.15, 0.2) is 30.3 Å². The van der Waals surface area contributed by atoms with E-state index in [9.17, 15) is 9.59 Å². The van der Waals surface area contributed by atoms with E-state index in [2.05, 4.69) is 5.32 Å². The first-order valence-electron chi connectivity index (χ1n) is 7.01. The Morgan fingerprint density at radius 2 is 1.76 bits per heavy atom. The number of amides is 1. The van der Waals surface area contributed by atoms with Crippen molar-refractivity contribution in [1.29, 1.82) is 0 Å². The smallest absolute Gasteiger partial charge is 0.306 e. The molecule has 0 heterocycles. The molecule has 1 saturated carbocycles. The van der Waals surface area contributed by atoms with Crippen LogP contribution in [-0.4, -0.2) is 23.0 Å². The number of carbonyl (C=O) groups is 2. The number of rotatable bonds is 4. The summed E-state index contributed by atoms with van der Waals surface area (Å²) in [7, 11) is 0. The van der Waals surface area contributed by atoms with Gasteiger partial charge >= 0.3 is 5.97 Å². The van der Waals surface area contributed by atoms with Crippen LogP contribution in [0.5, 0.6) is 0 Å². The van der Waals surface area contributed by atoms with Gasteiger partial charge in [-0.05, 0) is 49.5 Å². The minimum Gasteiger partial charge on any atom is -0.481 e. The van der Waals surface area contributed by atoms with E-state index < -0.39 is 5.97 Å². The third kappa shape index (κ3) is 4.90. The molecule has 1 aromatic carbocycles. The van der Waals surface area contributed by atoms with Gasteiger partial charge in [0, 0.05) is 17.1 Å². The molecule has 112 valence electrons. The van der Waals surface area contributed by atoms with Crippen LogP contribution in [-0.2, 0) is 9.59 Å². The van der Waals surface area contributed by atoms with E-state index in [1.54, 1.807) is 18.2 Å². The molecule has 1 aliphatic rings. The SMILES string of the molecule is O=C(/C=C/c1ccc(Cl)cc1)NC1CCC(C(=O)O)CC1. The Hall–Kier alpha value is -1.81. The average molecular weight is 308 g/mol. The molecule has 21 heavy (non-hydrogen) atoms. The molecule has 2 rings (SSSR count). The molecule has 0 unspecified atom stereocenters. The molecule has 1 aliphatic carbocycles. The lowest BCUT2D eigenvalue weighted by atomic mass is 9.86. The van der Waals surface area contributed by atoms with Crippen molar-refractivity contribution in [3.63, 3.8) is 0 Å². The predicted molar refractivity (Wildman–Crippen MR) is 82.0 cm³/mol. The van der Waals surface area contributed by atoms with E-state index in [0.717, 1.165) is 18.4 Å². The number of carbonyl (C=O) groups excluding carboxylic acids is 1. The van der Waals surface area contributed by atoms with Crippen LogP contribution >= 0.6 is 11.6 Å². The number of nitrogens with one attached hydrogen (secondary N) is 1. The number of aliphatic carboxylic acids is 1. The van der Waals surface area contributed by atoms with Gasteiger partial charge in [0.1, 0.15) is 0 Å². The lowest BCUT2D eigenvalue weighted by molar-refractivity contribution is -0.142. The number of carboxylic acids is 1. The fraction of sp³-hybridized carbons (Fsp3) is 0.375. The molecule has 2 N–H and O–H groups in total. The van der Waals surface area contributed by atoms with Gasteiger partial charge in [-0.15, -0.1) is 0 Å². The molecule has 4 nitrogen and oxygen atoms in total. The number of hydrogen-bond donors (Lipinski definition) is 2. The Morgan fingerprint density at radius 1 is 1.14 bits per heavy atom. The Bertz CT molecular complexity index is 531. The Kier molecular flexibility index (Phi) is 5.39. The molecule has 0 spiro atoms. The summed E-state index contributed by atoms with van der Waals surface area (Å²) in [6.45, 7) is 0. The Labute approximate surface area is 128 Å². The summed E-state index contributed by atoms with van der Waals surface area (Å²) in [4.78, 5) is 22.7. The van der Waals surface area contributed by atoms with Crippen LogP contribution in [0.25, 0.3) is 6.08 Å². The highest BCUT2D eigenvalue weighted by Crippen LogP contribution is 2.24. The second kappa shape index (κ2) is 7.27. The number of halogens is 1. The summed E-state index contributed by atoms with van der Waals surface area (Å²) in [6.07, 6.45) is 5.92. The lowest BCUT2D eigenvalue weighted by Crippen LogP contribution is -2.37. The lowest BCUT2D eigenvalue weighted by Gasteiger charge is -2.26. The van der Waals surface area contributed by atoms with E-state index in [4.69, 9.17) is 16.7 Å². The second-order valence-corrected chi connectivity index (χ2v) is 5.72. The van der Waals surface area contributed by atoms with E-state index in [0.29, 0.717) is 17.9 Å². The molecule has 1 aromatic rings. The molecular weight excluding hydrogens is 290 g/mol. The maximum Gasteiger partial charge on any atom is 0.306 e. The van der Waals surface area contributed by atoms with Crippen LogP contribution in [0.1, 0.15) is 31.2 Å². The van der Waals surface area contributed by atoms with Crippen LogP contribution in [0.4, 0.5) is 0 Å². The van der Waals surface area contributed by atoms with Crippen molar-refractivity contribution in [3.05, 3.63) is 40.9 Å². The maximum absolute atomic E-state index is 11.8. The monoisotopic (exact) mass is 307 g/mol. The Balaban J connectivity index is 1.80. The van der Waals surface area contributed by atoms with Crippen molar-refractivity contribution in [3.8, 4) is 0 Å². The van der Waals surface area contributed by atoms with Crippen molar-refractivity contribution >= 4 is 29.6 Å². The molecule has 0 radical (unpaired) electrons. The normalized spacial score (nSPS) is 22.1. The fourth-order valence-electron chi connectivity index (χ4n) is 2.48. The Morgan fingerprint density at radius 3 is 2.33 bits per heavy atom. The van der Waals surface area contributed by atoms with Gasteiger partial charge in [-0.3, -0.25) is 9.59 Å². The average Bonchev–Trinajstić information content (AvgIpc) is 2.47. The van der Waals surface area contributed by atoms with E-state index >= 15 is 0 Å². The van der Waals surface area contributed by atoms with Gasteiger partial charge in [-0.2, -0.15) is 0 Å². The molecular formula is C16H18ClNO3. The highest BCUT2D eigenvalue weighted by atomic mass is 35.5. The van der Waals surface area contributed by atoms with Crippen molar-refractivity contribution in [2.24, 2.45) is 5.92 Å². The molecule has 0 aromatic heterocycles. The number of hydrogen-bond acceptors (Lipinski definition) is 2. The largest absolute Gasteiger partial charge is 0.481 e.